The molecule has 1 aliphatic heterocycles. The Labute approximate surface area is 218 Å². The number of fused-ring (bicyclic) bond motifs is 1. The Balaban J connectivity index is 1.67. The molecule has 4 aromatic carbocycles. The number of sulfonamides is 2. The smallest absolute Gasteiger partial charge is 0.262 e. The number of para-hydroxylation sites is 2. The molecule has 8 heteroatoms. The van der Waals surface area contributed by atoms with Crippen molar-refractivity contribution in [1.29, 1.82) is 0 Å². The molecule has 1 heterocycles. The Kier molecular flexibility index (Phi) is 6.39. The molecular weight excluding hydrogens is 504 g/mol. The molecule has 1 aliphatic rings. The summed E-state index contributed by atoms with van der Waals surface area (Å²) in [6, 6.07) is 29.2. The summed E-state index contributed by atoms with van der Waals surface area (Å²) >= 11 is 0. The molecular formula is C29H26N2O4S2. The molecule has 0 amide bonds. The van der Waals surface area contributed by atoms with E-state index in [9.17, 15) is 16.8 Å². The van der Waals surface area contributed by atoms with Gasteiger partial charge in [0.25, 0.3) is 20.0 Å². The van der Waals surface area contributed by atoms with Crippen molar-refractivity contribution in [2.75, 3.05) is 15.2 Å². The van der Waals surface area contributed by atoms with Gasteiger partial charge in [-0.3, -0.25) is 4.31 Å². The fourth-order valence-electron chi connectivity index (χ4n) is 4.33. The number of anilines is 2. The molecule has 0 fully saturated rings. The lowest BCUT2D eigenvalue weighted by molar-refractivity contribution is 0.592. The fourth-order valence-corrected chi connectivity index (χ4v) is 7.27. The number of hydrogen-bond acceptors (Lipinski definition) is 4. The molecule has 0 saturated heterocycles. The van der Waals surface area contributed by atoms with Crippen molar-refractivity contribution >= 4 is 37.1 Å². The van der Waals surface area contributed by atoms with Gasteiger partial charge in [-0.15, -0.1) is 0 Å². The summed E-state index contributed by atoms with van der Waals surface area (Å²) in [4.78, 5) is 0.326. The highest BCUT2D eigenvalue weighted by molar-refractivity contribution is 7.93. The molecule has 37 heavy (non-hydrogen) atoms. The van der Waals surface area contributed by atoms with Crippen molar-refractivity contribution < 1.29 is 16.8 Å². The van der Waals surface area contributed by atoms with E-state index in [4.69, 9.17) is 0 Å². The summed E-state index contributed by atoms with van der Waals surface area (Å²) in [5.41, 5.74) is 3.69. The molecule has 0 aliphatic carbocycles. The van der Waals surface area contributed by atoms with Crippen LogP contribution in [0.4, 0.5) is 11.4 Å². The van der Waals surface area contributed by atoms with E-state index in [1.54, 1.807) is 103 Å². The number of aryl methyl sites for hydroxylation is 2. The van der Waals surface area contributed by atoms with Crippen molar-refractivity contribution in [3.05, 3.63) is 126 Å². The second-order valence-electron chi connectivity index (χ2n) is 8.87. The highest BCUT2D eigenvalue weighted by Crippen LogP contribution is 2.40. The maximum atomic E-state index is 14.0. The van der Waals surface area contributed by atoms with E-state index in [1.165, 1.54) is 8.61 Å². The van der Waals surface area contributed by atoms with Crippen molar-refractivity contribution in [3.8, 4) is 0 Å². The summed E-state index contributed by atoms with van der Waals surface area (Å²) in [6.07, 6.45) is 1.66. The Morgan fingerprint density at radius 3 is 1.81 bits per heavy atom. The summed E-state index contributed by atoms with van der Waals surface area (Å²) in [5, 5.41) is 0. The van der Waals surface area contributed by atoms with E-state index in [2.05, 4.69) is 0 Å². The Morgan fingerprint density at radius 1 is 0.649 bits per heavy atom. The molecule has 4 aromatic rings. The Hall–Kier alpha value is -3.88. The van der Waals surface area contributed by atoms with Gasteiger partial charge in [0.15, 0.2) is 0 Å². The fraction of sp³-hybridized carbons (Fsp3) is 0.103. The first-order valence-corrected chi connectivity index (χ1v) is 14.6. The maximum absolute atomic E-state index is 14.0. The van der Waals surface area contributed by atoms with Crippen LogP contribution in [0.25, 0.3) is 5.70 Å². The zero-order chi connectivity index (χ0) is 26.2. The summed E-state index contributed by atoms with van der Waals surface area (Å²) < 4.78 is 57.9. The highest BCUT2D eigenvalue weighted by atomic mass is 32.2. The normalized spacial score (nSPS) is 13.6. The zero-order valence-electron chi connectivity index (χ0n) is 20.4. The van der Waals surface area contributed by atoms with Gasteiger partial charge < -0.3 is 0 Å². The minimum absolute atomic E-state index is 0.0185. The van der Waals surface area contributed by atoms with Crippen molar-refractivity contribution in [1.82, 2.24) is 0 Å². The van der Waals surface area contributed by atoms with Crippen LogP contribution < -0.4 is 8.61 Å². The molecule has 0 spiro atoms. The molecule has 0 saturated carbocycles. The summed E-state index contributed by atoms with van der Waals surface area (Å²) in [5.74, 6) is 0. The standard InChI is InChI=1S/C29H26N2O4S2/c1-22-12-16-25(17-13-22)36(32,33)30-21-20-29(27-10-6-7-11-28(27)30)31(24-8-4-3-5-9-24)37(34,35)26-18-14-23(2)15-19-26/h3-20H,21H2,1-2H3. The number of nitrogens with zero attached hydrogens (tertiary/aromatic N) is 2. The van der Waals surface area contributed by atoms with Gasteiger partial charge in [0, 0.05) is 5.56 Å². The van der Waals surface area contributed by atoms with Crippen molar-refractivity contribution in [2.45, 2.75) is 23.6 Å². The van der Waals surface area contributed by atoms with Crippen LogP contribution in [-0.4, -0.2) is 23.4 Å². The topological polar surface area (TPSA) is 74.8 Å². The first-order valence-electron chi connectivity index (χ1n) is 11.8. The van der Waals surface area contributed by atoms with Crippen molar-refractivity contribution in [2.24, 2.45) is 0 Å². The quantitative estimate of drug-likeness (QED) is 0.318. The molecule has 5 rings (SSSR count). The molecule has 0 radical (unpaired) electrons. The third-order valence-electron chi connectivity index (χ3n) is 6.28. The van der Waals surface area contributed by atoms with Gasteiger partial charge in [-0.1, -0.05) is 71.8 Å². The van der Waals surface area contributed by atoms with E-state index in [0.29, 0.717) is 22.6 Å². The molecule has 6 nitrogen and oxygen atoms in total. The van der Waals surface area contributed by atoms with Crippen LogP contribution in [0.2, 0.25) is 0 Å². The van der Waals surface area contributed by atoms with E-state index in [-0.39, 0.29) is 16.3 Å². The van der Waals surface area contributed by atoms with Crippen LogP contribution in [0.5, 0.6) is 0 Å². The van der Waals surface area contributed by atoms with E-state index < -0.39 is 20.0 Å². The van der Waals surface area contributed by atoms with E-state index in [0.717, 1.165) is 11.1 Å². The number of rotatable bonds is 6. The lowest BCUT2D eigenvalue weighted by Crippen LogP contribution is -2.37. The molecule has 0 atom stereocenters. The Bertz CT molecular complexity index is 1680. The second-order valence-corrected chi connectivity index (χ2v) is 12.5. The first kappa shape index (κ1) is 24.8. The van der Waals surface area contributed by atoms with Gasteiger partial charge in [-0.05, 0) is 62.4 Å². The lowest BCUT2D eigenvalue weighted by Gasteiger charge is -2.35. The van der Waals surface area contributed by atoms with Crippen LogP contribution in [0, 0.1) is 13.8 Å². The van der Waals surface area contributed by atoms with Crippen molar-refractivity contribution in [3.63, 3.8) is 0 Å². The average molecular weight is 531 g/mol. The Morgan fingerprint density at radius 2 is 1.19 bits per heavy atom. The predicted molar refractivity (Wildman–Crippen MR) is 147 cm³/mol. The molecule has 0 N–H and O–H groups in total. The SMILES string of the molecule is Cc1ccc(S(=O)(=O)N2CC=C(N(c3ccccc3)S(=O)(=O)c3ccc(C)cc3)c3ccccc32)cc1. The van der Waals surface area contributed by atoms with Crippen LogP contribution in [-0.2, 0) is 20.0 Å². The average Bonchev–Trinajstić information content (AvgIpc) is 2.90. The van der Waals surface area contributed by atoms with Gasteiger partial charge in [0.1, 0.15) is 0 Å². The van der Waals surface area contributed by atoms with Crippen LogP contribution in [0.1, 0.15) is 16.7 Å². The molecule has 188 valence electrons. The van der Waals surface area contributed by atoms with Gasteiger partial charge in [-0.2, -0.15) is 0 Å². The second kappa shape index (κ2) is 9.53. The van der Waals surface area contributed by atoms with Crippen LogP contribution in [0.15, 0.2) is 119 Å². The third-order valence-corrected chi connectivity index (χ3v) is 9.83. The van der Waals surface area contributed by atoms with Gasteiger partial charge >= 0.3 is 0 Å². The molecule has 0 unspecified atom stereocenters. The first-order chi connectivity index (χ1) is 17.7. The van der Waals surface area contributed by atoms with Gasteiger partial charge in [-0.25, -0.2) is 21.1 Å². The lowest BCUT2D eigenvalue weighted by atomic mass is 10.1. The van der Waals surface area contributed by atoms with Crippen LogP contribution >= 0.6 is 0 Å². The largest absolute Gasteiger partial charge is 0.268 e. The number of benzene rings is 4. The molecule has 0 bridgehead atoms. The molecule has 0 aromatic heterocycles. The minimum atomic E-state index is -4.03. The van der Waals surface area contributed by atoms with Gasteiger partial charge in [0.05, 0.1) is 33.4 Å². The maximum Gasteiger partial charge on any atom is 0.268 e. The van der Waals surface area contributed by atoms with Crippen LogP contribution in [0.3, 0.4) is 0 Å². The van der Waals surface area contributed by atoms with E-state index >= 15 is 0 Å². The zero-order valence-corrected chi connectivity index (χ0v) is 22.1. The van der Waals surface area contributed by atoms with Gasteiger partial charge in [0.2, 0.25) is 0 Å². The number of hydrogen-bond donors (Lipinski definition) is 0. The monoisotopic (exact) mass is 530 g/mol. The highest BCUT2D eigenvalue weighted by Gasteiger charge is 2.35. The predicted octanol–water partition coefficient (Wildman–Crippen LogP) is 5.75. The third kappa shape index (κ3) is 4.54. The minimum Gasteiger partial charge on any atom is -0.262 e. The summed E-state index contributed by atoms with van der Waals surface area (Å²) in [7, 11) is -7.90. The van der Waals surface area contributed by atoms with E-state index in [1.807, 2.05) is 19.9 Å². The summed E-state index contributed by atoms with van der Waals surface area (Å²) in [6.45, 7) is 3.78.